The van der Waals surface area contributed by atoms with E-state index in [1.54, 1.807) is 7.11 Å². The van der Waals surface area contributed by atoms with Gasteiger partial charge < -0.3 is 15.0 Å². The van der Waals surface area contributed by atoms with E-state index in [0.717, 1.165) is 42.1 Å². The Hall–Kier alpha value is -2.56. The molecule has 2 aliphatic rings. The van der Waals surface area contributed by atoms with Gasteiger partial charge in [-0.25, -0.2) is 4.98 Å². The van der Waals surface area contributed by atoms with Gasteiger partial charge in [0.1, 0.15) is 17.3 Å². The molecule has 0 unspecified atom stereocenters. The first-order chi connectivity index (χ1) is 12.3. The van der Waals surface area contributed by atoms with Crippen molar-refractivity contribution < 1.29 is 9.53 Å². The number of allylic oxidation sites excluding steroid dienone is 2. The Bertz CT molecular complexity index is 822. The summed E-state index contributed by atoms with van der Waals surface area (Å²) < 4.78 is 5.51. The molecule has 4 rings (SSSR count). The van der Waals surface area contributed by atoms with Crippen LogP contribution in [0.4, 0.5) is 0 Å². The molecule has 5 nitrogen and oxygen atoms in total. The molecule has 0 bridgehead atoms. The third kappa shape index (κ3) is 3.06. The van der Waals surface area contributed by atoms with Gasteiger partial charge in [-0.3, -0.25) is 4.79 Å². The quantitative estimate of drug-likeness (QED) is 0.901. The number of imidazole rings is 1. The number of aromatic nitrogens is 2. The maximum absolute atomic E-state index is 12.5. The standard InChI is InChI=1S/C20H23N3O2/c1-25-17-10-6-5-9-15(17)14-11-16-18(20(24)21-12-14)23-19(22-16)13-7-3-2-4-8-13/h5-7,9-10,14H,2-4,8,11-12H2,1H3,(H,21,24)(H,22,23)/t14-/m0/s1. The zero-order valence-corrected chi connectivity index (χ0v) is 14.5. The van der Waals surface area contributed by atoms with Crippen molar-refractivity contribution in [1.82, 2.24) is 15.3 Å². The lowest BCUT2D eigenvalue weighted by Gasteiger charge is -2.18. The van der Waals surface area contributed by atoms with E-state index in [2.05, 4.69) is 27.4 Å². The Balaban J connectivity index is 1.68. The van der Waals surface area contributed by atoms with Crippen molar-refractivity contribution in [2.75, 3.05) is 13.7 Å². The highest BCUT2D eigenvalue weighted by Crippen LogP contribution is 2.32. The first-order valence-corrected chi connectivity index (χ1v) is 8.95. The second kappa shape index (κ2) is 6.75. The van der Waals surface area contributed by atoms with Crippen LogP contribution in [0.2, 0.25) is 0 Å². The molecule has 1 atom stereocenters. The molecule has 0 saturated carbocycles. The van der Waals surface area contributed by atoms with Gasteiger partial charge in [0.05, 0.1) is 7.11 Å². The molecule has 1 aliphatic carbocycles. The van der Waals surface area contributed by atoms with Crippen LogP contribution < -0.4 is 10.1 Å². The molecule has 2 heterocycles. The van der Waals surface area contributed by atoms with Crippen LogP contribution in [-0.4, -0.2) is 29.5 Å². The lowest BCUT2D eigenvalue weighted by atomic mass is 9.93. The van der Waals surface area contributed by atoms with Gasteiger partial charge >= 0.3 is 0 Å². The fourth-order valence-electron chi connectivity index (χ4n) is 3.79. The SMILES string of the molecule is COc1ccccc1[C@@H]1CNC(=O)c2nc(C3=CCCCC3)[nH]c2C1. The van der Waals surface area contributed by atoms with Crippen LogP contribution in [0.15, 0.2) is 30.3 Å². The largest absolute Gasteiger partial charge is 0.496 e. The Labute approximate surface area is 147 Å². The molecule has 0 fully saturated rings. The number of H-pyrrole nitrogens is 1. The summed E-state index contributed by atoms with van der Waals surface area (Å²) in [6.07, 6.45) is 7.54. The molecule has 0 radical (unpaired) electrons. The smallest absolute Gasteiger partial charge is 0.271 e. The van der Waals surface area contributed by atoms with Gasteiger partial charge in [-0.05, 0) is 49.3 Å². The highest BCUT2D eigenvalue weighted by Gasteiger charge is 2.28. The second-order valence-electron chi connectivity index (χ2n) is 6.74. The normalized spacial score (nSPS) is 20.3. The number of rotatable bonds is 3. The van der Waals surface area contributed by atoms with Crippen molar-refractivity contribution in [2.24, 2.45) is 0 Å². The zero-order chi connectivity index (χ0) is 17.2. The van der Waals surface area contributed by atoms with E-state index in [9.17, 15) is 4.79 Å². The number of carbonyl (C=O) groups excluding carboxylic acids is 1. The maximum atomic E-state index is 12.5. The number of carbonyl (C=O) groups is 1. The van der Waals surface area contributed by atoms with E-state index in [1.807, 2.05) is 18.2 Å². The van der Waals surface area contributed by atoms with Gasteiger partial charge in [0.25, 0.3) is 5.91 Å². The molecule has 2 aromatic rings. The summed E-state index contributed by atoms with van der Waals surface area (Å²) in [5.74, 6) is 1.79. The minimum Gasteiger partial charge on any atom is -0.496 e. The molecule has 5 heteroatoms. The topological polar surface area (TPSA) is 67.0 Å². The van der Waals surface area contributed by atoms with Crippen molar-refractivity contribution in [3.8, 4) is 5.75 Å². The summed E-state index contributed by atoms with van der Waals surface area (Å²) in [5, 5.41) is 3.02. The predicted octanol–water partition coefficient (Wildman–Crippen LogP) is 3.45. The fraction of sp³-hybridized carbons (Fsp3) is 0.400. The number of nitrogens with one attached hydrogen (secondary N) is 2. The first kappa shape index (κ1) is 15.9. The number of benzene rings is 1. The predicted molar refractivity (Wildman–Crippen MR) is 96.8 cm³/mol. The van der Waals surface area contributed by atoms with E-state index in [1.165, 1.54) is 18.4 Å². The number of hydrogen-bond donors (Lipinski definition) is 2. The summed E-state index contributed by atoms with van der Waals surface area (Å²) in [6, 6.07) is 8.01. The van der Waals surface area contributed by atoms with E-state index in [4.69, 9.17) is 4.74 Å². The lowest BCUT2D eigenvalue weighted by Crippen LogP contribution is -2.26. The molecule has 2 N–H and O–H groups in total. The van der Waals surface area contributed by atoms with Gasteiger partial charge in [0, 0.05) is 18.2 Å². The molecule has 0 saturated heterocycles. The Morgan fingerprint density at radius 3 is 2.92 bits per heavy atom. The third-order valence-electron chi connectivity index (χ3n) is 5.13. The molecule has 0 spiro atoms. The number of hydrogen-bond acceptors (Lipinski definition) is 3. The molecule has 130 valence electrons. The van der Waals surface area contributed by atoms with Gasteiger partial charge in [-0.2, -0.15) is 0 Å². The zero-order valence-electron chi connectivity index (χ0n) is 14.5. The molecule has 1 aromatic carbocycles. The molecular weight excluding hydrogens is 314 g/mol. The van der Waals surface area contributed by atoms with Crippen LogP contribution >= 0.6 is 0 Å². The van der Waals surface area contributed by atoms with Crippen molar-refractivity contribution in [1.29, 1.82) is 0 Å². The Morgan fingerprint density at radius 2 is 2.12 bits per heavy atom. The van der Waals surface area contributed by atoms with E-state index in [-0.39, 0.29) is 11.8 Å². The van der Waals surface area contributed by atoms with Gasteiger partial charge in [0.15, 0.2) is 0 Å². The Kier molecular flexibility index (Phi) is 4.30. The van der Waals surface area contributed by atoms with Crippen LogP contribution in [-0.2, 0) is 6.42 Å². The summed E-state index contributed by atoms with van der Waals surface area (Å²) in [4.78, 5) is 20.5. The van der Waals surface area contributed by atoms with Gasteiger partial charge in [-0.15, -0.1) is 0 Å². The monoisotopic (exact) mass is 337 g/mol. The van der Waals surface area contributed by atoms with E-state index >= 15 is 0 Å². The maximum Gasteiger partial charge on any atom is 0.271 e. The summed E-state index contributed by atoms with van der Waals surface area (Å²) in [5.41, 5.74) is 3.82. The number of fused-ring (bicyclic) bond motifs is 1. The molecule has 1 amide bonds. The van der Waals surface area contributed by atoms with Crippen LogP contribution in [0.5, 0.6) is 5.75 Å². The van der Waals surface area contributed by atoms with Crippen LogP contribution in [0.1, 0.15) is 59.2 Å². The van der Waals surface area contributed by atoms with Crippen LogP contribution in [0.25, 0.3) is 5.57 Å². The van der Waals surface area contributed by atoms with Crippen LogP contribution in [0.3, 0.4) is 0 Å². The first-order valence-electron chi connectivity index (χ1n) is 8.95. The molecule has 1 aromatic heterocycles. The summed E-state index contributed by atoms with van der Waals surface area (Å²) in [6.45, 7) is 0.585. The number of amides is 1. The fourth-order valence-corrected chi connectivity index (χ4v) is 3.79. The highest BCUT2D eigenvalue weighted by molar-refractivity contribution is 5.94. The van der Waals surface area contributed by atoms with Crippen molar-refractivity contribution in [3.63, 3.8) is 0 Å². The van der Waals surface area contributed by atoms with Gasteiger partial charge in [-0.1, -0.05) is 24.3 Å². The number of para-hydroxylation sites is 1. The molecular formula is C20H23N3O2. The van der Waals surface area contributed by atoms with Crippen molar-refractivity contribution in [3.05, 3.63) is 53.1 Å². The number of aromatic amines is 1. The average molecular weight is 337 g/mol. The van der Waals surface area contributed by atoms with Crippen molar-refractivity contribution in [2.45, 2.75) is 38.0 Å². The average Bonchev–Trinajstić information content (AvgIpc) is 3.03. The number of methoxy groups -OCH3 is 1. The minimum atomic E-state index is -0.0914. The van der Waals surface area contributed by atoms with Crippen LogP contribution in [0, 0.1) is 0 Å². The van der Waals surface area contributed by atoms with E-state index < -0.39 is 0 Å². The highest BCUT2D eigenvalue weighted by atomic mass is 16.5. The lowest BCUT2D eigenvalue weighted by molar-refractivity contribution is 0.0950. The van der Waals surface area contributed by atoms with Gasteiger partial charge in [0.2, 0.25) is 0 Å². The van der Waals surface area contributed by atoms with Crippen molar-refractivity contribution >= 4 is 11.5 Å². The number of ether oxygens (including phenoxy) is 1. The number of nitrogens with zero attached hydrogens (tertiary/aromatic N) is 1. The third-order valence-corrected chi connectivity index (χ3v) is 5.13. The second-order valence-corrected chi connectivity index (χ2v) is 6.74. The van der Waals surface area contributed by atoms with E-state index in [0.29, 0.717) is 12.2 Å². The summed E-state index contributed by atoms with van der Waals surface area (Å²) >= 11 is 0. The molecule has 25 heavy (non-hydrogen) atoms. The summed E-state index contributed by atoms with van der Waals surface area (Å²) in [7, 11) is 1.68. The Morgan fingerprint density at radius 1 is 1.24 bits per heavy atom. The minimum absolute atomic E-state index is 0.0914. The molecule has 1 aliphatic heterocycles.